The summed E-state index contributed by atoms with van der Waals surface area (Å²) >= 11 is 0. The van der Waals surface area contributed by atoms with Gasteiger partial charge in [-0.3, -0.25) is 0 Å². The second-order valence-corrected chi connectivity index (χ2v) is 6.35. The number of nitrogens with zero attached hydrogens (tertiary/aromatic N) is 2. The van der Waals surface area contributed by atoms with Crippen molar-refractivity contribution in [3.8, 4) is 17.0 Å². The largest absolute Gasteiger partial charge is 0.465 e. The fourth-order valence-electron chi connectivity index (χ4n) is 3.21. The van der Waals surface area contributed by atoms with Gasteiger partial charge in [-0.15, -0.1) is 0 Å². The van der Waals surface area contributed by atoms with Crippen LogP contribution in [0.3, 0.4) is 0 Å². The van der Waals surface area contributed by atoms with E-state index in [1.165, 1.54) is 6.42 Å². The van der Waals surface area contributed by atoms with Gasteiger partial charge < -0.3 is 9.47 Å². The number of ether oxygens (including phenoxy) is 2. The van der Waals surface area contributed by atoms with Gasteiger partial charge in [0.1, 0.15) is 5.75 Å². The van der Waals surface area contributed by atoms with Crippen LogP contribution in [0.25, 0.3) is 23.4 Å². The van der Waals surface area contributed by atoms with Crippen LogP contribution in [0.5, 0.6) is 5.75 Å². The molecule has 0 bridgehead atoms. The van der Waals surface area contributed by atoms with Crippen molar-refractivity contribution in [2.24, 2.45) is 0 Å². The lowest BCUT2D eigenvalue weighted by molar-refractivity contribution is -0.105. The van der Waals surface area contributed by atoms with Crippen LogP contribution in [0.2, 0.25) is 0 Å². The van der Waals surface area contributed by atoms with Crippen molar-refractivity contribution in [3.05, 3.63) is 40.7 Å². The van der Waals surface area contributed by atoms with Crippen molar-refractivity contribution >= 4 is 12.2 Å². The topological polar surface area (TPSA) is 44.2 Å². The Kier molecular flexibility index (Phi) is 4.30. The molecule has 2 heterocycles. The Morgan fingerprint density at radius 3 is 2.46 bits per heavy atom. The number of benzene rings is 1. The Morgan fingerprint density at radius 2 is 1.75 bits per heavy atom. The molecule has 0 saturated carbocycles. The average molecular weight is 322 g/mol. The molecule has 0 radical (unpaired) electrons. The Hall–Kier alpha value is -2.20. The highest BCUT2D eigenvalue weighted by atomic mass is 16.7. The molecule has 4 heteroatoms. The molecule has 4 nitrogen and oxygen atoms in total. The summed E-state index contributed by atoms with van der Waals surface area (Å²) in [5.74, 6) is 0.842. The van der Waals surface area contributed by atoms with Crippen molar-refractivity contribution in [1.29, 1.82) is 0 Å². The van der Waals surface area contributed by atoms with Crippen LogP contribution >= 0.6 is 0 Å². The van der Waals surface area contributed by atoms with Gasteiger partial charge in [-0.05, 0) is 56.9 Å². The summed E-state index contributed by atoms with van der Waals surface area (Å²) in [4.78, 5) is 9.52. The summed E-state index contributed by atoms with van der Waals surface area (Å²) < 4.78 is 11.5. The molecule has 1 aromatic carbocycles. The minimum Gasteiger partial charge on any atom is -0.465 e. The number of fused-ring (bicyclic) bond motifs is 1. The number of hydrogen-bond acceptors (Lipinski definition) is 4. The first-order valence-corrected chi connectivity index (χ1v) is 8.73. The van der Waals surface area contributed by atoms with Crippen LogP contribution < -0.4 is 15.4 Å². The highest BCUT2D eigenvalue weighted by molar-refractivity contribution is 5.62. The summed E-state index contributed by atoms with van der Waals surface area (Å²) in [6, 6.07) is 8.08. The highest BCUT2D eigenvalue weighted by Crippen LogP contribution is 2.24. The third-order valence-corrected chi connectivity index (χ3v) is 4.50. The summed E-state index contributed by atoms with van der Waals surface area (Å²) in [6.45, 7) is 2.81. The molecule has 1 aliphatic heterocycles. The molecular formula is C20H22N2O2. The van der Waals surface area contributed by atoms with Gasteiger partial charge in [-0.1, -0.05) is 12.2 Å². The zero-order chi connectivity index (χ0) is 16.4. The number of rotatable bonds is 3. The molecule has 2 aliphatic rings. The lowest BCUT2D eigenvalue weighted by atomic mass is 10.1. The van der Waals surface area contributed by atoms with Crippen molar-refractivity contribution in [1.82, 2.24) is 9.97 Å². The van der Waals surface area contributed by atoms with Crippen LogP contribution in [0.4, 0.5) is 0 Å². The number of aromatic nitrogens is 2. The van der Waals surface area contributed by atoms with Gasteiger partial charge in [0, 0.05) is 12.0 Å². The summed E-state index contributed by atoms with van der Waals surface area (Å²) in [5.41, 5.74) is 2.98. The fraction of sp³-hybridized carbons (Fsp3) is 0.400. The molecule has 1 aliphatic carbocycles. The van der Waals surface area contributed by atoms with Gasteiger partial charge in [0.15, 0.2) is 6.29 Å². The second kappa shape index (κ2) is 6.73. The first-order chi connectivity index (χ1) is 11.8. The molecule has 1 fully saturated rings. The third kappa shape index (κ3) is 3.20. The Bertz CT molecular complexity index is 837. The zero-order valence-electron chi connectivity index (χ0n) is 14.0. The smallest absolute Gasteiger partial charge is 0.199 e. The van der Waals surface area contributed by atoms with Crippen LogP contribution in [-0.4, -0.2) is 22.9 Å². The van der Waals surface area contributed by atoms with E-state index >= 15 is 0 Å². The lowest BCUT2D eigenvalue weighted by Gasteiger charge is -2.23. The number of aryl methyl sites for hydroxylation is 1. The predicted molar refractivity (Wildman–Crippen MR) is 93.8 cm³/mol. The van der Waals surface area contributed by atoms with E-state index in [4.69, 9.17) is 19.4 Å². The maximum Gasteiger partial charge on any atom is 0.199 e. The van der Waals surface area contributed by atoms with Crippen LogP contribution in [-0.2, 0) is 4.74 Å². The minimum atomic E-state index is -0.111. The van der Waals surface area contributed by atoms with Gasteiger partial charge >= 0.3 is 0 Å². The molecule has 1 saturated heterocycles. The minimum absolute atomic E-state index is 0.111. The van der Waals surface area contributed by atoms with Crippen molar-refractivity contribution in [2.45, 2.75) is 45.3 Å². The van der Waals surface area contributed by atoms with Gasteiger partial charge in [-0.25, -0.2) is 9.97 Å². The van der Waals surface area contributed by atoms with E-state index in [1.807, 2.05) is 31.2 Å². The molecule has 1 atom stereocenters. The normalized spacial score (nSPS) is 19.8. The maximum absolute atomic E-state index is 5.90. The lowest BCUT2D eigenvalue weighted by Crippen LogP contribution is -2.34. The molecule has 1 unspecified atom stereocenters. The van der Waals surface area contributed by atoms with E-state index in [1.54, 1.807) is 0 Å². The van der Waals surface area contributed by atoms with E-state index in [0.717, 1.165) is 65.7 Å². The molecule has 4 rings (SSSR count). The summed E-state index contributed by atoms with van der Waals surface area (Å²) in [6.07, 6.45) is 9.57. The SMILES string of the molecule is Cc1nc2c(nc1-c1ccc(OC3CCCCO3)cc1)=CCCC=2. The van der Waals surface area contributed by atoms with Crippen molar-refractivity contribution in [2.75, 3.05) is 6.61 Å². The second-order valence-electron chi connectivity index (χ2n) is 6.35. The summed E-state index contributed by atoms with van der Waals surface area (Å²) in [7, 11) is 0. The third-order valence-electron chi connectivity index (χ3n) is 4.50. The molecule has 124 valence electrons. The van der Waals surface area contributed by atoms with E-state index in [9.17, 15) is 0 Å². The predicted octanol–water partition coefficient (Wildman–Crippen LogP) is 2.71. The Labute approximate surface area is 141 Å². The standard InChI is InChI=1S/C20H22N2O2/c1-14-20(22-18-7-3-2-6-17(18)21-14)15-9-11-16(12-10-15)24-19-8-4-5-13-23-19/h6-7,9-12,19H,2-5,8,13H2,1H3. The average Bonchev–Trinajstić information content (AvgIpc) is 2.63. The monoisotopic (exact) mass is 322 g/mol. The fourth-order valence-corrected chi connectivity index (χ4v) is 3.21. The van der Waals surface area contributed by atoms with Gasteiger partial charge in [0.05, 0.1) is 28.7 Å². The highest BCUT2D eigenvalue weighted by Gasteiger charge is 2.15. The van der Waals surface area contributed by atoms with Gasteiger partial charge in [-0.2, -0.15) is 0 Å². The molecule has 0 amide bonds. The van der Waals surface area contributed by atoms with E-state index in [-0.39, 0.29) is 6.29 Å². The van der Waals surface area contributed by atoms with Crippen LogP contribution in [0.15, 0.2) is 24.3 Å². The van der Waals surface area contributed by atoms with Crippen molar-refractivity contribution in [3.63, 3.8) is 0 Å². The molecule has 0 N–H and O–H groups in total. The molecule has 0 spiro atoms. The molecular weight excluding hydrogens is 300 g/mol. The number of hydrogen-bond donors (Lipinski definition) is 0. The first kappa shape index (κ1) is 15.3. The van der Waals surface area contributed by atoms with E-state index < -0.39 is 0 Å². The van der Waals surface area contributed by atoms with Gasteiger partial charge in [0.2, 0.25) is 0 Å². The first-order valence-electron chi connectivity index (χ1n) is 8.73. The van der Waals surface area contributed by atoms with Crippen LogP contribution in [0, 0.1) is 6.92 Å². The van der Waals surface area contributed by atoms with E-state index in [2.05, 4.69) is 12.2 Å². The molecule has 2 aromatic rings. The maximum atomic E-state index is 5.90. The van der Waals surface area contributed by atoms with Crippen molar-refractivity contribution < 1.29 is 9.47 Å². The molecule has 1 aromatic heterocycles. The zero-order valence-corrected chi connectivity index (χ0v) is 14.0. The quantitative estimate of drug-likeness (QED) is 0.871. The Morgan fingerprint density at radius 1 is 1.00 bits per heavy atom. The summed E-state index contributed by atoms with van der Waals surface area (Å²) in [5, 5.41) is 2.01. The van der Waals surface area contributed by atoms with E-state index in [0.29, 0.717) is 0 Å². The Balaban J connectivity index is 1.59. The van der Waals surface area contributed by atoms with Crippen LogP contribution in [0.1, 0.15) is 37.8 Å². The molecule has 24 heavy (non-hydrogen) atoms. The van der Waals surface area contributed by atoms with Gasteiger partial charge in [0.25, 0.3) is 0 Å².